The summed E-state index contributed by atoms with van der Waals surface area (Å²) in [4.78, 5) is 2.34. The molecule has 0 aliphatic carbocycles. The molecule has 102 valence electrons. The van der Waals surface area contributed by atoms with Gasteiger partial charge in [0.1, 0.15) is 5.82 Å². The summed E-state index contributed by atoms with van der Waals surface area (Å²) in [6.07, 6.45) is 1.14. The molecule has 0 amide bonds. The van der Waals surface area contributed by atoms with Gasteiger partial charge in [0.05, 0.1) is 11.6 Å². The van der Waals surface area contributed by atoms with Crippen LogP contribution in [0.5, 0.6) is 0 Å². The average molecular weight is 278 g/mol. The molecule has 0 aromatic heterocycles. The van der Waals surface area contributed by atoms with Crippen molar-refractivity contribution in [2.24, 2.45) is 0 Å². The Morgan fingerprint density at radius 2 is 2.16 bits per heavy atom. The quantitative estimate of drug-likeness (QED) is 0.829. The molecule has 1 aliphatic rings. The Bertz CT molecular complexity index is 493. The van der Waals surface area contributed by atoms with Crippen LogP contribution in [-0.2, 0) is 6.54 Å². The van der Waals surface area contributed by atoms with E-state index in [1.807, 2.05) is 17.8 Å². The van der Waals surface area contributed by atoms with Crippen LogP contribution < -0.4 is 0 Å². The van der Waals surface area contributed by atoms with Gasteiger partial charge in [-0.1, -0.05) is 13.8 Å². The van der Waals surface area contributed by atoms with Gasteiger partial charge in [0.25, 0.3) is 0 Å². The molecule has 2 rings (SSSR count). The van der Waals surface area contributed by atoms with Gasteiger partial charge in [-0.25, -0.2) is 4.39 Å². The van der Waals surface area contributed by atoms with Gasteiger partial charge in [-0.3, -0.25) is 4.90 Å². The van der Waals surface area contributed by atoms with Crippen LogP contribution in [0.15, 0.2) is 18.2 Å². The molecule has 1 fully saturated rings. The summed E-state index contributed by atoms with van der Waals surface area (Å²) in [5.74, 6) is 0.784. The van der Waals surface area contributed by atoms with Crippen LogP contribution in [0.25, 0.3) is 0 Å². The smallest absolute Gasteiger partial charge is 0.124 e. The van der Waals surface area contributed by atoms with Crippen LogP contribution in [0.4, 0.5) is 4.39 Å². The predicted molar refractivity (Wildman–Crippen MR) is 77.5 cm³/mol. The number of hydrogen-bond acceptors (Lipinski definition) is 3. The average Bonchev–Trinajstić information content (AvgIpc) is 2.50. The van der Waals surface area contributed by atoms with Crippen molar-refractivity contribution in [3.63, 3.8) is 0 Å². The second-order valence-electron chi connectivity index (χ2n) is 5.59. The summed E-state index contributed by atoms with van der Waals surface area (Å²) in [5, 5.41) is 8.87. The van der Waals surface area contributed by atoms with E-state index in [1.54, 1.807) is 6.07 Å². The molecule has 1 saturated heterocycles. The third kappa shape index (κ3) is 4.22. The van der Waals surface area contributed by atoms with Crippen molar-refractivity contribution in [3.8, 4) is 6.07 Å². The maximum atomic E-state index is 13.4. The first kappa shape index (κ1) is 14.4. The lowest BCUT2D eigenvalue weighted by Crippen LogP contribution is -2.26. The van der Waals surface area contributed by atoms with Crippen LogP contribution in [0.1, 0.15) is 31.4 Å². The van der Waals surface area contributed by atoms with Gasteiger partial charge < -0.3 is 0 Å². The monoisotopic (exact) mass is 278 g/mol. The molecule has 0 saturated carbocycles. The number of benzene rings is 1. The van der Waals surface area contributed by atoms with E-state index in [-0.39, 0.29) is 5.82 Å². The summed E-state index contributed by atoms with van der Waals surface area (Å²) in [6, 6.07) is 6.61. The number of nitriles is 1. The fourth-order valence-electron chi connectivity index (χ4n) is 2.28. The van der Waals surface area contributed by atoms with Crippen LogP contribution in [0, 0.1) is 17.1 Å². The number of nitrogens with zero attached hydrogens (tertiary/aromatic N) is 2. The largest absolute Gasteiger partial charge is 0.298 e. The fraction of sp³-hybridized carbons (Fsp3) is 0.533. The van der Waals surface area contributed by atoms with Gasteiger partial charge in [-0.05, 0) is 36.7 Å². The van der Waals surface area contributed by atoms with Gasteiger partial charge in [0, 0.05) is 23.6 Å². The standard InChI is InChI=1S/C15H19FN2S/c1-15(2)3-4-18(5-6-19-15)11-13-7-12(10-17)8-14(16)9-13/h7-9H,3-6,11H2,1-2H3. The van der Waals surface area contributed by atoms with Crippen molar-refractivity contribution >= 4 is 11.8 Å². The molecule has 1 aromatic rings. The van der Waals surface area contributed by atoms with E-state index in [4.69, 9.17) is 5.26 Å². The third-order valence-corrected chi connectivity index (χ3v) is 4.80. The summed E-state index contributed by atoms with van der Waals surface area (Å²) in [7, 11) is 0. The Morgan fingerprint density at radius 3 is 2.89 bits per heavy atom. The Hall–Kier alpha value is -1.05. The van der Waals surface area contributed by atoms with Crippen molar-refractivity contribution in [1.29, 1.82) is 5.26 Å². The van der Waals surface area contributed by atoms with Crippen molar-refractivity contribution in [3.05, 3.63) is 35.1 Å². The SMILES string of the molecule is CC1(C)CCN(Cc2cc(F)cc(C#N)c2)CCS1. The second kappa shape index (κ2) is 5.94. The van der Waals surface area contributed by atoms with E-state index in [9.17, 15) is 4.39 Å². The first-order chi connectivity index (χ1) is 8.98. The summed E-state index contributed by atoms with van der Waals surface area (Å²) in [5.41, 5.74) is 1.29. The Labute approximate surface area is 118 Å². The molecule has 1 heterocycles. The maximum Gasteiger partial charge on any atom is 0.124 e. The molecule has 1 aliphatic heterocycles. The minimum Gasteiger partial charge on any atom is -0.298 e. The maximum absolute atomic E-state index is 13.4. The minimum atomic E-state index is -0.321. The highest BCUT2D eigenvalue weighted by atomic mass is 32.2. The van der Waals surface area contributed by atoms with Crippen LogP contribution in [0.2, 0.25) is 0 Å². The topological polar surface area (TPSA) is 27.0 Å². The van der Waals surface area contributed by atoms with Crippen LogP contribution in [-0.4, -0.2) is 28.5 Å². The molecular weight excluding hydrogens is 259 g/mol. The predicted octanol–water partition coefficient (Wildman–Crippen LogP) is 3.41. The van der Waals surface area contributed by atoms with E-state index in [0.29, 0.717) is 10.3 Å². The zero-order chi connectivity index (χ0) is 13.9. The van der Waals surface area contributed by atoms with E-state index in [1.165, 1.54) is 12.1 Å². The van der Waals surface area contributed by atoms with Crippen molar-refractivity contribution in [2.75, 3.05) is 18.8 Å². The van der Waals surface area contributed by atoms with Gasteiger partial charge in [-0.15, -0.1) is 0 Å². The summed E-state index contributed by atoms with van der Waals surface area (Å²) < 4.78 is 13.7. The van der Waals surface area contributed by atoms with E-state index in [0.717, 1.165) is 37.4 Å². The van der Waals surface area contributed by atoms with E-state index < -0.39 is 0 Å². The Morgan fingerprint density at radius 1 is 1.37 bits per heavy atom. The summed E-state index contributed by atoms with van der Waals surface area (Å²) in [6.45, 7) is 7.32. The molecule has 1 aromatic carbocycles. The molecule has 0 N–H and O–H groups in total. The van der Waals surface area contributed by atoms with Crippen molar-refractivity contribution < 1.29 is 4.39 Å². The number of thioether (sulfide) groups is 1. The van der Waals surface area contributed by atoms with Crippen LogP contribution >= 0.6 is 11.8 Å². The lowest BCUT2D eigenvalue weighted by Gasteiger charge is -2.22. The third-order valence-electron chi connectivity index (χ3n) is 3.42. The second-order valence-corrected chi connectivity index (χ2v) is 7.40. The first-order valence-corrected chi connectivity index (χ1v) is 7.53. The van der Waals surface area contributed by atoms with Crippen molar-refractivity contribution in [1.82, 2.24) is 4.90 Å². The molecular formula is C15H19FN2S. The summed E-state index contributed by atoms with van der Waals surface area (Å²) >= 11 is 2.00. The van der Waals surface area contributed by atoms with Gasteiger partial charge >= 0.3 is 0 Å². The van der Waals surface area contributed by atoms with Gasteiger partial charge in [0.2, 0.25) is 0 Å². The van der Waals surface area contributed by atoms with Gasteiger partial charge in [0.15, 0.2) is 0 Å². The number of halogens is 1. The Balaban J connectivity index is 2.05. The molecule has 4 heteroatoms. The Kier molecular flexibility index (Phi) is 4.49. The lowest BCUT2D eigenvalue weighted by molar-refractivity contribution is 0.276. The minimum absolute atomic E-state index is 0.321. The highest BCUT2D eigenvalue weighted by Crippen LogP contribution is 2.31. The molecule has 0 bridgehead atoms. The van der Waals surface area contributed by atoms with Crippen molar-refractivity contribution in [2.45, 2.75) is 31.6 Å². The van der Waals surface area contributed by atoms with E-state index >= 15 is 0 Å². The molecule has 0 radical (unpaired) electrons. The zero-order valence-electron chi connectivity index (χ0n) is 11.4. The molecule has 0 unspecified atom stereocenters. The highest BCUT2D eigenvalue weighted by molar-refractivity contribution is 8.00. The molecule has 0 atom stereocenters. The number of rotatable bonds is 2. The normalized spacial score (nSPS) is 19.7. The van der Waals surface area contributed by atoms with Crippen LogP contribution in [0.3, 0.4) is 0 Å². The molecule has 2 nitrogen and oxygen atoms in total. The molecule has 19 heavy (non-hydrogen) atoms. The van der Waals surface area contributed by atoms with Gasteiger partial charge in [-0.2, -0.15) is 17.0 Å². The van der Waals surface area contributed by atoms with E-state index in [2.05, 4.69) is 18.7 Å². The first-order valence-electron chi connectivity index (χ1n) is 6.54. The number of hydrogen-bond donors (Lipinski definition) is 0. The molecule has 0 spiro atoms. The zero-order valence-corrected chi connectivity index (χ0v) is 12.3. The highest BCUT2D eigenvalue weighted by Gasteiger charge is 2.23. The fourth-order valence-corrected chi connectivity index (χ4v) is 3.42. The lowest BCUT2D eigenvalue weighted by atomic mass is 10.1.